The van der Waals surface area contributed by atoms with Crippen molar-refractivity contribution in [1.82, 2.24) is 4.90 Å². The number of likely N-dealkylation sites (tertiary alicyclic amines) is 1. The van der Waals surface area contributed by atoms with E-state index >= 15 is 0 Å². The third kappa shape index (κ3) is 2.04. The number of aliphatic hydroxyl groups is 1. The second-order valence-electron chi connectivity index (χ2n) is 6.04. The lowest BCUT2D eigenvalue weighted by Gasteiger charge is -2.48. The Bertz CT molecular complexity index is 464. The van der Waals surface area contributed by atoms with Crippen LogP contribution in [0.2, 0.25) is 0 Å². The van der Waals surface area contributed by atoms with Crippen molar-refractivity contribution in [3.63, 3.8) is 0 Å². The highest BCUT2D eigenvalue weighted by Gasteiger charge is 2.49. The molecule has 1 saturated heterocycles. The van der Waals surface area contributed by atoms with Crippen molar-refractivity contribution in [3.8, 4) is 5.75 Å². The summed E-state index contributed by atoms with van der Waals surface area (Å²) in [6.45, 7) is 6.39. The van der Waals surface area contributed by atoms with Crippen molar-refractivity contribution in [1.29, 1.82) is 0 Å². The van der Waals surface area contributed by atoms with Crippen LogP contribution in [-0.4, -0.2) is 34.8 Å². The van der Waals surface area contributed by atoms with Crippen molar-refractivity contribution in [2.45, 2.75) is 57.3 Å². The molecule has 0 aromatic heterocycles. The molecule has 20 heavy (non-hydrogen) atoms. The van der Waals surface area contributed by atoms with E-state index in [9.17, 15) is 5.11 Å². The van der Waals surface area contributed by atoms with Crippen molar-refractivity contribution in [2.24, 2.45) is 0 Å². The van der Waals surface area contributed by atoms with Crippen LogP contribution in [0, 0.1) is 0 Å². The molecule has 0 unspecified atom stereocenters. The monoisotopic (exact) mass is 275 g/mol. The van der Waals surface area contributed by atoms with Gasteiger partial charge in [-0.25, -0.2) is 0 Å². The van der Waals surface area contributed by atoms with Gasteiger partial charge in [0.25, 0.3) is 0 Å². The molecule has 0 aliphatic carbocycles. The highest BCUT2D eigenvalue weighted by Crippen LogP contribution is 2.46. The van der Waals surface area contributed by atoms with Gasteiger partial charge in [0.15, 0.2) is 0 Å². The Balaban J connectivity index is 2.05. The second kappa shape index (κ2) is 5.38. The van der Waals surface area contributed by atoms with Gasteiger partial charge in [0.1, 0.15) is 17.5 Å². The predicted molar refractivity (Wildman–Crippen MR) is 79.9 cm³/mol. The van der Waals surface area contributed by atoms with Crippen LogP contribution < -0.4 is 4.74 Å². The van der Waals surface area contributed by atoms with Crippen LogP contribution in [0.5, 0.6) is 5.75 Å². The SMILES string of the molecule is CCC1(CC)Oc2ccccc2[C@H](N2CCCC2)[C@H]1O. The van der Waals surface area contributed by atoms with Gasteiger partial charge in [-0.3, -0.25) is 4.90 Å². The third-order valence-electron chi connectivity index (χ3n) is 5.12. The molecule has 2 heterocycles. The van der Waals surface area contributed by atoms with Gasteiger partial charge in [0.2, 0.25) is 0 Å². The summed E-state index contributed by atoms with van der Waals surface area (Å²) in [7, 11) is 0. The summed E-state index contributed by atoms with van der Waals surface area (Å²) in [5.41, 5.74) is 0.709. The van der Waals surface area contributed by atoms with E-state index in [4.69, 9.17) is 4.74 Å². The number of hydrogen-bond donors (Lipinski definition) is 1. The number of aliphatic hydroxyl groups excluding tert-OH is 1. The van der Waals surface area contributed by atoms with Crippen LogP contribution in [-0.2, 0) is 0 Å². The van der Waals surface area contributed by atoms with Gasteiger partial charge in [-0.2, -0.15) is 0 Å². The first-order chi connectivity index (χ1) is 9.72. The molecule has 0 saturated carbocycles. The van der Waals surface area contributed by atoms with Gasteiger partial charge in [0, 0.05) is 5.56 Å². The quantitative estimate of drug-likeness (QED) is 0.920. The third-order valence-corrected chi connectivity index (χ3v) is 5.12. The number of nitrogens with zero attached hydrogens (tertiary/aromatic N) is 1. The predicted octanol–water partition coefficient (Wildman–Crippen LogP) is 3.14. The van der Waals surface area contributed by atoms with E-state index in [2.05, 4.69) is 24.8 Å². The Hall–Kier alpha value is -1.06. The molecule has 0 spiro atoms. The van der Waals surface area contributed by atoms with Crippen molar-refractivity contribution < 1.29 is 9.84 Å². The topological polar surface area (TPSA) is 32.7 Å². The average molecular weight is 275 g/mol. The fourth-order valence-corrected chi connectivity index (χ4v) is 3.78. The van der Waals surface area contributed by atoms with Gasteiger partial charge >= 0.3 is 0 Å². The number of hydrogen-bond acceptors (Lipinski definition) is 3. The molecule has 3 rings (SSSR count). The number of para-hydroxylation sites is 1. The van der Waals surface area contributed by atoms with Gasteiger partial charge in [0.05, 0.1) is 6.04 Å². The summed E-state index contributed by atoms with van der Waals surface area (Å²) in [6.07, 6.45) is 3.69. The second-order valence-corrected chi connectivity index (χ2v) is 6.04. The molecule has 110 valence electrons. The largest absolute Gasteiger partial charge is 0.484 e. The van der Waals surface area contributed by atoms with Gasteiger partial charge < -0.3 is 9.84 Å². The minimum atomic E-state index is -0.453. The molecule has 2 atom stereocenters. The molecular weight excluding hydrogens is 250 g/mol. The maximum absolute atomic E-state index is 11.0. The summed E-state index contributed by atoms with van der Waals surface area (Å²) in [6, 6.07) is 8.31. The van der Waals surface area contributed by atoms with Crippen LogP contribution in [0.25, 0.3) is 0 Å². The van der Waals surface area contributed by atoms with E-state index in [0.29, 0.717) is 0 Å². The summed E-state index contributed by atoms with van der Waals surface area (Å²) in [5, 5.41) is 11.0. The number of fused-ring (bicyclic) bond motifs is 1. The van der Waals surface area contributed by atoms with Gasteiger partial charge in [-0.05, 0) is 44.8 Å². The number of ether oxygens (including phenoxy) is 1. The Kier molecular flexibility index (Phi) is 3.74. The molecule has 1 N–H and O–H groups in total. The minimum absolute atomic E-state index is 0.0855. The molecule has 0 bridgehead atoms. The highest BCUT2D eigenvalue weighted by molar-refractivity contribution is 5.40. The molecule has 1 fully saturated rings. The first-order valence-corrected chi connectivity index (χ1v) is 7.92. The number of rotatable bonds is 3. The molecule has 1 aromatic carbocycles. The highest BCUT2D eigenvalue weighted by atomic mass is 16.5. The first kappa shape index (κ1) is 13.9. The summed E-state index contributed by atoms with van der Waals surface area (Å²) >= 11 is 0. The van der Waals surface area contributed by atoms with Crippen LogP contribution in [0.3, 0.4) is 0 Å². The summed E-state index contributed by atoms with van der Waals surface area (Å²) in [4.78, 5) is 2.44. The van der Waals surface area contributed by atoms with Gasteiger partial charge in [-0.15, -0.1) is 0 Å². The lowest BCUT2D eigenvalue weighted by atomic mass is 9.80. The van der Waals surface area contributed by atoms with Crippen molar-refractivity contribution >= 4 is 0 Å². The molecule has 1 aromatic rings. The van der Waals surface area contributed by atoms with Crippen molar-refractivity contribution in [3.05, 3.63) is 29.8 Å². The van der Waals surface area contributed by atoms with E-state index < -0.39 is 11.7 Å². The Morgan fingerprint density at radius 3 is 2.50 bits per heavy atom. The lowest BCUT2D eigenvalue weighted by Crippen LogP contribution is -2.56. The number of benzene rings is 1. The zero-order chi connectivity index (χ0) is 14.2. The molecule has 2 aliphatic rings. The zero-order valence-electron chi connectivity index (χ0n) is 12.5. The van der Waals surface area contributed by atoms with Crippen molar-refractivity contribution in [2.75, 3.05) is 13.1 Å². The molecule has 0 amide bonds. The standard InChI is InChI=1S/C17H25NO2/c1-3-17(4-2)16(19)15(18-11-7-8-12-18)13-9-5-6-10-14(13)20-17/h5-6,9-10,15-16,19H,3-4,7-8,11-12H2,1-2H3/t15-,16+/m0/s1. The normalized spacial score (nSPS) is 28.9. The average Bonchev–Trinajstić information content (AvgIpc) is 3.00. The summed E-state index contributed by atoms with van der Waals surface area (Å²) < 4.78 is 6.24. The van der Waals surface area contributed by atoms with Gasteiger partial charge in [-0.1, -0.05) is 32.0 Å². The Morgan fingerprint density at radius 2 is 1.85 bits per heavy atom. The van der Waals surface area contributed by atoms with Crippen LogP contribution in [0.1, 0.15) is 51.1 Å². The first-order valence-electron chi connectivity index (χ1n) is 7.92. The Labute approximate surface area is 121 Å². The van der Waals surface area contributed by atoms with E-state index in [1.165, 1.54) is 12.8 Å². The molecule has 3 heteroatoms. The van der Waals surface area contributed by atoms with Crippen LogP contribution in [0.15, 0.2) is 24.3 Å². The fraction of sp³-hybridized carbons (Fsp3) is 0.647. The molecule has 3 nitrogen and oxygen atoms in total. The smallest absolute Gasteiger partial charge is 0.136 e. The van der Waals surface area contributed by atoms with Crippen LogP contribution >= 0.6 is 0 Å². The van der Waals surface area contributed by atoms with E-state index in [-0.39, 0.29) is 6.04 Å². The minimum Gasteiger partial charge on any atom is -0.484 e. The van der Waals surface area contributed by atoms with E-state index in [1.807, 2.05) is 18.2 Å². The zero-order valence-corrected chi connectivity index (χ0v) is 12.5. The maximum Gasteiger partial charge on any atom is 0.136 e. The molecule has 0 radical (unpaired) electrons. The van der Waals surface area contributed by atoms with E-state index in [0.717, 1.165) is 37.2 Å². The molecular formula is C17H25NO2. The van der Waals surface area contributed by atoms with E-state index in [1.54, 1.807) is 0 Å². The van der Waals surface area contributed by atoms with Crippen LogP contribution in [0.4, 0.5) is 0 Å². The fourth-order valence-electron chi connectivity index (χ4n) is 3.78. The Morgan fingerprint density at radius 1 is 1.20 bits per heavy atom. The molecule has 2 aliphatic heterocycles. The maximum atomic E-state index is 11.0. The lowest BCUT2D eigenvalue weighted by molar-refractivity contribution is -0.113. The summed E-state index contributed by atoms with van der Waals surface area (Å²) in [5.74, 6) is 0.957.